The van der Waals surface area contributed by atoms with Gasteiger partial charge in [0.25, 0.3) is 0 Å². The Bertz CT molecular complexity index is 870. The van der Waals surface area contributed by atoms with E-state index < -0.39 is 11.9 Å². The van der Waals surface area contributed by atoms with Gasteiger partial charge in [-0.2, -0.15) is 0 Å². The normalized spacial score (nSPS) is 18.3. The number of carbonyl (C=O) groups excluding carboxylic acids is 2. The molecule has 1 saturated heterocycles. The van der Waals surface area contributed by atoms with E-state index in [1.165, 1.54) is 18.2 Å². The molecule has 2 amide bonds. The van der Waals surface area contributed by atoms with E-state index in [0.29, 0.717) is 36.6 Å². The number of hydrogen-bond acceptors (Lipinski definition) is 4. The summed E-state index contributed by atoms with van der Waals surface area (Å²) in [5.74, 6) is 0.476. The molecular weight excluding hydrogens is 339 g/mol. The minimum absolute atomic E-state index is 0.0814. The van der Waals surface area contributed by atoms with Crippen LogP contribution in [0.4, 0.5) is 10.1 Å². The van der Waals surface area contributed by atoms with Crippen LogP contribution >= 0.6 is 0 Å². The lowest BCUT2D eigenvalue weighted by Crippen LogP contribution is -2.41. The summed E-state index contributed by atoms with van der Waals surface area (Å²) in [5.41, 5.74) is 1.23. The van der Waals surface area contributed by atoms with Crippen molar-refractivity contribution in [3.8, 4) is 11.5 Å². The van der Waals surface area contributed by atoms with E-state index in [1.54, 1.807) is 17.0 Å². The summed E-state index contributed by atoms with van der Waals surface area (Å²) in [4.78, 5) is 26.4. The molecule has 134 valence electrons. The number of likely N-dealkylation sites (tertiary alicyclic amines) is 1. The Balaban J connectivity index is 1.49. The van der Waals surface area contributed by atoms with Crippen LogP contribution < -0.4 is 14.8 Å². The van der Waals surface area contributed by atoms with E-state index in [1.807, 2.05) is 12.1 Å². The number of rotatable bonds is 4. The lowest BCUT2D eigenvalue weighted by molar-refractivity contribution is -0.133. The first-order valence-corrected chi connectivity index (χ1v) is 8.34. The van der Waals surface area contributed by atoms with Gasteiger partial charge in [0.2, 0.25) is 18.6 Å². The third-order valence-electron chi connectivity index (χ3n) is 4.51. The molecule has 1 atom stereocenters. The van der Waals surface area contributed by atoms with E-state index in [0.717, 1.165) is 5.56 Å². The standard InChI is InChI=1S/C19H17FN2O4/c20-13-2-1-3-14(9-13)21-19(24)15-5-7-18(23)22(15)10-12-4-6-16-17(8-12)26-11-25-16/h1-4,6,8-9,15H,5,7,10-11H2,(H,21,24). The zero-order valence-electron chi connectivity index (χ0n) is 13.9. The Morgan fingerprint density at radius 2 is 2.04 bits per heavy atom. The largest absolute Gasteiger partial charge is 0.454 e. The van der Waals surface area contributed by atoms with E-state index in [-0.39, 0.29) is 18.6 Å². The summed E-state index contributed by atoms with van der Waals surface area (Å²) < 4.78 is 23.9. The molecule has 1 N–H and O–H groups in total. The highest BCUT2D eigenvalue weighted by atomic mass is 19.1. The van der Waals surface area contributed by atoms with Crippen LogP contribution in [0.2, 0.25) is 0 Å². The Labute approximate surface area is 149 Å². The van der Waals surface area contributed by atoms with Crippen LogP contribution in [0.1, 0.15) is 18.4 Å². The molecule has 2 heterocycles. The highest BCUT2D eigenvalue weighted by molar-refractivity contribution is 5.99. The first kappa shape index (κ1) is 16.4. The maximum Gasteiger partial charge on any atom is 0.247 e. The molecule has 2 aromatic carbocycles. The third kappa shape index (κ3) is 3.20. The number of nitrogens with zero attached hydrogens (tertiary/aromatic N) is 1. The van der Waals surface area contributed by atoms with Crippen molar-refractivity contribution in [1.29, 1.82) is 0 Å². The van der Waals surface area contributed by atoms with Crippen molar-refractivity contribution in [3.05, 3.63) is 53.8 Å². The molecule has 2 aliphatic rings. The van der Waals surface area contributed by atoms with Gasteiger partial charge in [-0.25, -0.2) is 4.39 Å². The maximum absolute atomic E-state index is 13.3. The predicted octanol–water partition coefficient (Wildman–Crippen LogP) is 2.68. The Morgan fingerprint density at radius 3 is 2.88 bits per heavy atom. The van der Waals surface area contributed by atoms with Gasteiger partial charge in [0, 0.05) is 18.7 Å². The van der Waals surface area contributed by atoms with Crippen molar-refractivity contribution < 1.29 is 23.5 Å². The molecule has 0 spiro atoms. The lowest BCUT2D eigenvalue weighted by atomic mass is 10.1. The number of benzene rings is 2. The number of carbonyl (C=O) groups is 2. The molecule has 0 aliphatic carbocycles. The van der Waals surface area contributed by atoms with Gasteiger partial charge < -0.3 is 19.7 Å². The predicted molar refractivity (Wildman–Crippen MR) is 91.2 cm³/mol. The molecule has 0 bridgehead atoms. The third-order valence-corrected chi connectivity index (χ3v) is 4.51. The molecule has 6 nitrogen and oxygen atoms in total. The van der Waals surface area contributed by atoms with Crippen molar-refractivity contribution >= 4 is 17.5 Å². The lowest BCUT2D eigenvalue weighted by Gasteiger charge is -2.24. The summed E-state index contributed by atoms with van der Waals surface area (Å²) in [6.45, 7) is 0.483. The fraction of sp³-hybridized carbons (Fsp3) is 0.263. The van der Waals surface area contributed by atoms with E-state index in [4.69, 9.17) is 9.47 Å². The van der Waals surface area contributed by atoms with Crippen LogP contribution in [-0.2, 0) is 16.1 Å². The molecule has 0 aromatic heterocycles. The number of hydrogen-bond donors (Lipinski definition) is 1. The second-order valence-electron chi connectivity index (χ2n) is 6.26. The first-order chi connectivity index (χ1) is 12.6. The highest BCUT2D eigenvalue weighted by Crippen LogP contribution is 2.33. The number of halogens is 1. The highest BCUT2D eigenvalue weighted by Gasteiger charge is 2.36. The van der Waals surface area contributed by atoms with Gasteiger partial charge in [-0.15, -0.1) is 0 Å². The van der Waals surface area contributed by atoms with Gasteiger partial charge >= 0.3 is 0 Å². The molecule has 0 saturated carbocycles. The van der Waals surface area contributed by atoms with Gasteiger partial charge in [0.15, 0.2) is 11.5 Å². The van der Waals surface area contributed by atoms with Crippen LogP contribution in [-0.4, -0.2) is 29.5 Å². The van der Waals surface area contributed by atoms with Crippen molar-refractivity contribution in [3.63, 3.8) is 0 Å². The summed E-state index contributed by atoms with van der Waals surface area (Å²) in [6.07, 6.45) is 0.746. The quantitative estimate of drug-likeness (QED) is 0.915. The van der Waals surface area contributed by atoms with Crippen LogP contribution in [0.25, 0.3) is 0 Å². The molecular formula is C19H17FN2O4. The van der Waals surface area contributed by atoms with Gasteiger partial charge in [0.05, 0.1) is 0 Å². The molecule has 1 unspecified atom stereocenters. The fourth-order valence-electron chi connectivity index (χ4n) is 3.23. The molecule has 4 rings (SSSR count). The van der Waals surface area contributed by atoms with Gasteiger partial charge in [-0.05, 0) is 42.3 Å². The zero-order valence-corrected chi connectivity index (χ0v) is 13.9. The monoisotopic (exact) mass is 356 g/mol. The minimum Gasteiger partial charge on any atom is -0.454 e. The first-order valence-electron chi connectivity index (χ1n) is 8.34. The molecule has 0 radical (unpaired) electrons. The minimum atomic E-state index is -0.587. The van der Waals surface area contributed by atoms with Crippen LogP contribution in [0, 0.1) is 5.82 Å². The smallest absolute Gasteiger partial charge is 0.247 e. The van der Waals surface area contributed by atoms with Crippen molar-refractivity contribution in [2.75, 3.05) is 12.1 Å². The second kappa shape index (κ2) is 6.67. The molecule has 1 fully saturated rings. The average Bonchev–Trinajstić information content (AvgIpc) is 3.22. The summed E-state index contributed by atoms with van der Waals surface area (Å²) in [6, 6.07) is 10.6. The number of ether oxygens (including phenoxy) is 2. The summed E-state index contributed by atoms with van der Waals surface area (Å²) in [5, 5.41) is 2.69. The van der Waals surface area contributed by atoms with Crippen molar-refractivity contribution in [2.45, 2.75) is 25.4 Å². The van der Waals surface area contributed by atoms with E-state index in [2.05, 4.69) is 5.32 Å². The summed E-state index contributed by atoms with van der Waals surface area (Å²) >= 11 is 0. The zero-order chi connectivity index (χ0) is 18.1. The van der Waals surface area contributed by atoms with Gasteiger partial charge in [-0.1, -0.05) is 12.1 Å². The van der Waals surface area contributed by atoms with Gasteiger partial charge in [0.1, 0.15) is 11.9 Å². The van der Waals surface area contributed by atoms with Gasteiger partial charge in [-0.3, -0.25) is 9.59 Å². The van der Waals surface area contributed by atoms with Crippen LogP contribution in [0.3, 0.4) is 0 Å². The number of nitrogens with one attached hydrogen (secondary N) is 1. The van der Waals surface area contributed by atoms with E-state index in [9.17, 15) is 14.0 Å². The SMILES string of the molecule is O=C(Nc1cccc(F)c1)C1CCC(=O)N1Cc1ccc2c(c1)OCO2. The molecule has 7 heteroatoms. The maximum atomic E-state index is 13.3. The van der Waals surface area contributed by atoms with Crippen LogP contribution in [0.15, 0.2) is 42.5 Å². The second-order valence-corrected chi connectivity index (χ2v) is 6.26. The fourth-order valence-corrected chi connectivity index (χ4v) is 3.23. The number of anilines is 1. The summed E-state index contributed by atoms with van der Waals surface area (Å²) in [7, 11) is 0. The van der Waals surface area contributed by atoms with Crippen molar-refractivity contribution in [2.24, 2.45) is 0 Å². The Kier molecular flexibility index (Phi) is 4.20. The van der Waals surface area contributed by atoms with Crippen molar-refractivity contribution in [1.82, 2.24) is 4.90 Å². The number of fused-ring (bicyclic) bond motifs is 1. The topological polar surface area (TPSA) is 67.9 Å². The Hall–Kier alpha value is -3.09. The molecule has 2 aliphatic heterocycles. The van der Waals surface area contributed by atoms with E-state index >= 15 is 0 Å². The molecule has 2 aromatic rings. The van der Waals surface area contributed by atoms with Crippen LogP contribution in [0.5, 0.6) is 11.5 Å². The Morgan fingerprint density at radius 1 is 1.19 bits per heavy atom. The molecule has 26 heavy (non-hydrogen) atoms. The average molecular weight is 356 g/mol. The number of amides is 2.